The van der Waals surface area contributed by atoms with Gasteiger partial charge in [0.15, 0.2) is 0 Å². The van der Waals surface area contributed by atoms with E-state index in [9.17, 15) is 9.90 Å². The van der Waals surface area contributed by atoms with E-state index in [1.165, 1.54) is 11.1 Å². The molecule has 1 aromatic carbocycles. The van der Waals surface area contributed by atoms with Gasteiger partial charge < -0.3 is 20.6 Å². The van der Waals surface area contributed by atoms with Crippen LogP contribution in [0.2, 0.25) is 0 Å². The van der Waals surface area contributed by atoms with E-state index < -0.39 is 0 Å². The highest BCUT2D eigenvalue weighted by atomic mass is 16.3. The molecule has 0 saturated carbocycles. The smallest absolute Gasteiger partial charge is 0.256 e. The first-order chi connectivity index (χ1) is 16.0. The Bertz CT molecular complexity index is 1110. The number of amides is 1. The molecule has 0 aliphatic carbocycles. The number of nitrogens with one attached hydrogen (secondary N) is 2. The van der Waals surface area contributed by atoms with Gasteiger partial charge in [0.05, 0.1) is 19.2 Å². The van der Waals surface area contributed by atoms with Gasteiger partial charge in [-0.25, -0.2) is 15.0 Å². The average molecular weight is 448 g/mol. The summed E-state index contributed by atoms with van der Waals surface area (Å²) in [6.45, 7) is 5.71. The van der Waals surface area contributed by atoms with Crippen LogP contribution in [0.1, 0.15) is 45.7 Å². The van der Waals surface area contributed by atoms with Gasteiger partial charge in [-0.1, -0.05) is 18.2 Å². The van der Waals surface area contributed by atoms with Gasteiger partial charge in [0.25, 0.3) is 5.91 Å². The van der Waals surface area contributed by atoms with Crippen molar-refractivity contribution in [1.82, 2.24) is 25.3 Å². The molecule has 33 heavy (non-hydrogen) atoms. The molecule has 2 aromatic heterocycles. The van der Waals surface area contributed by atoms with Gasteiger partial charge in [0, 0.05) is 31.7 Å². The maximum atomic E-state index is 13.0. The van der Waals surface area contributed by atoms with Crippen LogP contribution < -0.4 is 15.5 Å². The zero-order valence-electron chi connectivity index (χ0n) is 19.0. The lowest BCUT2D eigenvalue weighted by Crippen LogP contribution is -2.34. The summed E-state index contributed by atoms with van der Waals surface area (Å²) in [5, 5.41) is 15.9. The molecule has 1 atom stereocenters. The molecule has 1 amide bonds. The number of aryl methyl sites for hydroxylation is 2. The molecule has 172 valence electrons. The van der Waals surface area contributed by atoms with Crippen molar-refractivity contribution in [2.45, 2.75) is 45.8 Å². The molecule has 9 heteroatoms. The molecule has 3 N–H and O–H groups in total. The minimum atomic E-state index is -0.309. The molecule has 3 aromatic rings. The van der Waals surface area contributed by atoms with Crippen LogP contribution in [0.3, 0.4) is 0 Å². The summed E-state index contributed by atoms with van der Waals surface area (Å²) in [5.41, 5.74) is 3.88. The van der Waals surface area contributed by atoms with E-state index in [1.54, 1.807) is 24.7 Å². The maximum absolute atomic E-state index is 13.0. The second kappa shape index (κ2) is 10.4. The topological polar surface area (TPSA) is 116 Å². The number of benzene rings is 1. The van der Waals surface area contributed by atoms with Crippen LogP contribution in [0.5, 0.6) is 0 Å². The maximum Gasteiger partial charge on any atom is 0.256 e. The van der Waals surface area contributed by atoms with Crippen LogP contribution in [-0.2, 0) is 13.1 Å². The molecule has 0 radical (unpaired) electrons. The Morgan fingerprint density at radius 3 is 2.73 bits per heavy atom. The standard InChI is InChI=1S/C24H29N7O2/c1-16-6-7-18(11-17(16)2)12-27-22-20(23(33)28-14-21-25-8-4-9-26-21)13-29-24(30-22)31-10-3-5-19(31)15-32/h4,6-9,11,13,19,32H,3,5,10,12,14-15H2,1-2H3,(H,28,33)(H,27,29,30)/t19-/m0/s1. The van der Waals surface area contributed by atoms with Crippen molar-refractivity contribution in [3.05, 3.63) is 70.9 Å². The Hall–Kier alpha value is -3.59. The molecule has 1 saturated heterocycles. The Balaban J connectivity index is 1.57. The number of nitrogens with zero attached hydrogens (tertiary/aromatic N) is 5. The summed E-state index contributed by atoms with van der Waals surface area (Å²) in [6.07, 6.45) is 6.68. The lowest BCUT2D eigenvalue weighted by molar-refractivity contribution is 0.0950. The minimum Gasteiger partial charge on any atom is -0.394 e. The summed E-state index contributed by atoms with van der Waals surface area (Å²) in [5.74, 6) is 1.18. The fraction of sp³-hybridized carbons (Fsp3) is 0.375. The monoisotopic (exact) mass is 447 g/mol. The zero-order valence-corrected chi connectivity index (χ0v) is 19.0. The van der Waals surface area contributed by atoms with Crippen molar-refractivity contribution in [3.63, 3.8) is 0 Å². The van der Waals surface area contributed by atoms with Crippen molar-refractivity contribution in [2.24, 2.45) is 0 Å². The second-order valence-electron chi connectivity index (χ2n) is 8.22. The third-order valence-electron chi connectivity index (χ3n) is 5.92. The SMILES string of the molecule is Cc1ccc(CNc2nc(N3CCC[C@H]3CO)ncc2C(=O)NCc2ncccn2)cc1C. The molecule has 0 unspecified atom stereocenters. The van der Waals surface area contributed by atoms with E-state index in [4.69, 9.17) is 0 Å². The predicted octanol–water partition coefficient (Wildman–Crippen LogP) is 2.39. The van der Waals surface area contributed by atoms with Gasteiger partial charge in [-0.3, -0.25) is 4.79 Å². The van der Waals surface area contributed by atoms with Crippen molar-refractivity contribution in [2.75, 3.05) is 23.4 Å². The fourth-order valence-corrected chi connectivity index (χ4v) is 3.88. The number of carbonyl (C=O) groups excluding carboxylic acids is 1. The quantitative estimate of drug-likeness (QED) is 0.482. The largest absolute Gasteiger partial charge is 0.394 e. The molecule has 9 nitrogen and oxygen atoms in total. The Morgan fingerprint density at radius 1 is 1.15 bits per heavy atom. The van der Waals surface area contributed by atoms with Crippen LogP contribution in [0.25, 0.3) is 0 Å². The first kappa shape index (κ1) is 22.6. The van der Waals surface area contributed by atoms with E-state index in [0.717, 1.165) is 24.9 Å². The molecule has 3 heterocycles. The van der Waals surface area contributed by atoms with Gasteiger partial charge in [-0.15, -0.1) is 0 Å². The number of hydrogen-bond donors (Lipinski definition) is 3. The first-order valence-electron chi connectivity index (χ1n) is 11.1. The average Bonchev–Trinajstić information content (AvgIpc) is 3.33. The molecule has 4 rings (SSSR count). The number of anilines is 2. The summed E-state index contributed by atoms with van der Waals surface area (Å²) in [6, 6.07) is 7.99. The van der Waals surface area contributed by atoms with Crippen LogP contribution in [0.4, 0.5) is 11.8 Å². The van der Waals surface area contributed by atoms with E-state index in [0.29, 0.717) is 29.7 Å². The number of rotatable bonds is 8. The fourth-order valence-electron chi connectivity index (χ4n) is 3.88. The Kier molecular flexibility index (Phi) is 7.09. The molecule has 0 spiro atoms. The van der Waals surface area contributed by atoms with Crippen LogP contribution in [0, 0.1) is 13.8 Å². The summed E-state index contributed by atoms with van der Waals surface area (Å²) >= 11 is 0. The zero-order chi connectivity index (χ0) is 23.2. The van der Waals surface area contributed by atoms with Gasteiger partial charge in [-0.2, -0.15) is 4.98 Å². The molecular formula is C24H29N7O2. The number of aromatic nitrogens is 4. The lowest BCUT2D eigenvalue weighted by atomic mass is 10.1. The Morgan fingerprint density at radius 2 is 1.97 bits per heavy atom. The third kappa shape index (κ3) is 5.43. The van der Waals surface area contributed by atoms with Crippen LogP contribution in [-0.4, -0.2) is 50.1 Å². The molecule has 1 aliphatic heterocycles. The number of hydrogen-bond acceptors (Lipinski definition) is 8. The van der Waals surface area contributed by atoms with Crippen molar-refractivity contribution < 1.29 is 9.90 Å². The van der Waals surface area contributed by atoms with Gasteiger partial charge in [-0.05, 0) is 49.4 Å². The molecule has 0 bridgehead atoms. The van der Waals surface area contributed by atoms with Gasteiger partial charge in [0.1, 0.15) is 17.2 Å². The summed E-state index contributed by atoms with van der Waals surface area (Å²) in [7, 11) is 0. The molecular weight excluding hydrogens is 418 g/mol. The summed E-state index contributed by atoms with van der Waals surface area (Å²) in [4.78, 5) is 32.4. The van der Waals surface area contributed by atoms with E-state index in [1.807, 2.05) is 4.90 Å². The van der Waals surface area contributed by atoms with Crippen molar-refractivity contribution in [1.29, 1.82) is 0 Å². The van der Waals surface area contributed by atoms with E-state index >= 15 is 0 Å². The first-order valence-corrected chi connectivity index (χ1v) is 11.1. The van der Waals surface area contributed by atoms with Gasteiger partial charge in [0.2, 0.25) is 5.95 Å². The number of aliphatic hydroxyl groups excluding tert-OH is 1. The van der Waals surface area contributed by atoms with E-state index in [-0.39, 0.29) is 25.1 Å². The summed E-state index contributed by atoms with van der Waals surface area (Å²) < 4.78 is 0. The number of aliphatic hydroxyl groups is 1. The third-order valence-corrected chi connectivity index (χ3v) is 5.92. The predicted molar refractivity (Wildman–Crippen MR) is 126 cm³/mol. The highest BCUT2D eigenvalue weighted by Gasteiger charge is 2.27. The highest BCUT2D eigenvalue weighted by molar-refractivity contribution is 5.98. The lowest BCUT2D eigenvalue weighted by Gasteiger charge is -2.24. The second-order valence-corrected chi connectivity index (χ2v) is 8.22. The van der Waals surface area contributed by atoms with Crippen molar-refractivity contribution >= 4 is 17.7 Å². The number of carbonyl (C=O) groups is 1. The van der Waals surface area contributed by atoms with Crippen molar-refractivity contribution in [3.8, 4) is 0 Å². The molecule has 1 aliphatic rings. The van der Waals surface area contributed by atoms with Crippen LogP contribution in [0.15, 0.2) is 42.9 Å². The minimum absolute atomic E-state index is 0.00694. The van der Waals surface area contributed by atoms with Gasteiger partial charge >= 0.3 is 0 Å². The Labute approximate surface area is 193 Å². The highest BCUT2D eigenvalue weighted by Crippen LogP contribution is 2.25. The molecule has 1 fully saturated rings. The van der Waals surface area contributed by atoms with Crippen LogP contribution >= 0.6 is 0 Å². The normalized spacial score (nSPS) is 15.5. The van der Waals surface area contributed by atoms with E-state index in [2.05, 4.69) is 62.6 Å².